The number of carbonyl (C=O) groups is 1. The standard InChI is InChI=1S/C25H23Cl2N5O2/c26-19-7-4-3-6-17(19)21-15-28-24(34-21)12-11-23(33)29-16-9-10-20(27)18(14-16)25-31-30-22-8-2-1-5-13-32(22)25/h3-4,6-7,9-10,14-15H,1-2,5,8,11-13H2,(H,29,33). The van der Waals surface area contributed by atoms with Crippen LogP contribution in [-0.2, 0) is 24.2 Å². The summed E-state index contributed by atoms with van der Waals surface area (Å²) < 4.78 is 7.92. The fourth-order valence-corrected chi connectivity index (χ4v) is 4.54. The van der Waals surface area contributed by atoms with Gasteiger partial charge in [-0.3, -0.25) is 4.79 Å². The number of nitrogens with one attached hydrogen (secondary N) is 1. The Bertz CT molecular complexity index is 1330. The molecule has 0 unspecified atom stereocenters. The number of halogens is 2. The summed E-state index contributed by atoms with van der Waals surface area (Å²) in [6.07, 6.45) is 6.52. The summed E-state index contributed by atoms with van der Waals surface area (Å²) in [5.41, 5.74) is 2.18. The molecule has 0 aliphatic carbocycles. The van der Waals surface area contributed by atoms with Crippen LogP contribution in [0.1, 0.15) is 37.4 Å². The van der Waals surface area contributed by atoms with Gasteiger partial charge < -0.3 is 14.3 Å². The van der Waals surface area contributed by atoms with Crippen molar-refractivity contribution < 1.29 is 9.21 Å². The highest BCUT2D eigenvalue weighted by Gasteiger charge is 2.19. The molecule has 1 N–H and O–H groups in total. The SMILES string of the molecule is O=C(CCc1ncc(-c2ccccc2Cl)o1)Nc1ccc(Cl)c(-c2nnc3n2CCCCC3)c1. The van der Waals surface area contributed by atoms with E-state index in [0.717, 1.165) is 48.6 Å². The monoisotopic (exact) mass is 495 g/mol. The van der Waals surface area contributed by atoms with Crippen LogP contribution < -0.4 is 5.32 Å². The third kappa shape index (κ3) is 4.86. The molecule has 0 atom stereocenters. The number of anilines is 1. The molecule has 5 rings (SSSR count). The molecule has 3 heterocycles. The molecule has 34 heavy (non-hydrogen) atoms. The van der Waals surface area contributed by atoms with E-state index in [1.54, 1.807) is 24.4 Å². The van der Waals surface area contributed by atoms with E-state index in [4.69, 9.17) is 27.6 Å². The highest BCUT2D eigenvalue weighted by atomic mass is 35.5. The fraction of sp³-hybridized carbons (Fsp3) is 0.280. The average molecular weight is 496 g/mol. The first-order chi connectivity index (χ1) is 16.6. The largest absolute Gasteiger partial charge is 0.441 e. The number of benzene rings is 2. The Labute approximate surface area is 207 Å². The Morgan fingerprint density at radius 2 is 1.88 bits per heavy atom. The number of nitrogens with zero attached hydrogens (tertiary/aromatic N) is 4. The molecule has 0 radical (unpaired) electrons. The number of hydrogen-bond acceptors (Lipinski definition) is 5. The summed E-state index contributed by atoms with van der Waals surface area (Å²) in [5.74, 6) is 2.64. The van der Waals surface area contributed by atoms with Crippen LogP contribution in [-0.4, -0.2) is 25.7 Å². The van der Waals surface area contributed by atoms with E-state index >= 15 is 0 Å². The van der Waals surface area contributed by atoms with Gasteiger partial charge in [0, 0.05) is 42.6 Å². The number of hydrogen-bond donors (Lipinski definition) is 1. The minimum atomic E-state index is -0.147. The van der Waals surface area contributed by atoms with Gasteiger partial charge in [0.05, 0.1) is 16.2 Å². The molecule has 0 fully saturated rings. The Hall–Kier alpha value is -3.16. The van der Waals surface area contributed by atoms with Gasteiger partial charge >= 0.3 is 0 Å². The zero-order chi connectivity index (χ0) is 23.5. The Morgan fingerprint density at radius 1 is 1.03 bits per heavy atom. The normalized spacial score (nSPS) is 13.4. The van der Waals surface area contributed by atoms with Crippen LogP contribution >= 0.6 is 23.2 Å². The first-order valence-corrected chi connectivity index (χ1v) is 12.1. The Morgan fingerprint density at radius 3 is 2.76 bits per heavy atom. The molecule has 7 nitrogen and oxygen atoms in total. The Kier molecular flexibility index (Phi) is 6.65. The summed E-state index contributed by atoms with van der Waals surface area (Å²) in [7, 11) is 0. The fourth-order valence-electron chi connectivity index (χ4n) is 4.11. The van der Waals surface area contributed by atoms with Gasteiger partial charge in [-0.15, -0.1) is 10.2 Å². The zero-order valence-corrected chi connectivity index (χ0v) is 19.9. The first-order valence-electron chi connectivity index (χ1n) is 11.3. The zero-order valence-electron chi connectivity index (χ0n) is 18.4. The molecule has 1 aliphatic rings. The van der Waals surface area contributed by atoms with Gasteiger partial charge in [0.1, 0.15) is 5.82 Å². The molecular weight excluding hydrogens is 473 g/mol. The predicted molar refractivity (Wildman–Crippen MR) is 132 cm³/mol. The van der Waals surface area contributed by atoms with Gasteiger partial charge in [-0.1, -0.05) is 41.8 Å². The number of aryl methyl sites for hydroxylation is 2. The minimum absolute atomic E-state index is 0.147. The highest BCUT2D eigenvalue weighted by molar-refractivity contribution is 6.33. The second-order valence-electron chi connectivity index (χ2n) is 8.24. The van der Waals surface area contributed by atoms with Crippen LogP contribution in [0, 0.1) is 0 Å². The van der Waals surface area contributed by atoms with Crippen molar-refractivity contribution in [2.45, 2.75) is 45.1 Å². The van der Waals surface area contributed by atoms with Crippen LogP contribution in [0.15, 0.2) is 53.1 Å². The third-order valence-electron chi connectivity index (χ3n) is 5.86. The maximum atomic E-state index is 12.6. The summed E-state index contributed by atoms with van der Waals surface area (Å²) in [6, 6.07) is 12.8. The lowest BCUT2D eigenvalue weighted by Crippen LogP contribution is -2.12. The molecule has 2 aromatic carbocycles. The van der Waals surface area contributed by atoms with Gasteiger partial charge in [-0.2, -0.15) is 0 Å². The van der Waals surface area contributed by atoms with Gasteiger partial charge in [0.15, 0.2) is 17.5 Å². The van der Waals surface area contributed by atoms with Crippen LogP contribution in [0.2, 0.25) is 10.0 Å². The Balaban J connectivity index is 1.26. The summed E-state index contributed by atoms with van der Waals surface area (Å²) in [6.45, 7) is 0.872. The van der Waals surface area contributed by atoms with E-state index in [0.29, 0.717) is 33.8 Å². The van der Waals surface area contributed by atoms with Crippen molar-refractivity contribution in [1.82, 2.24) is 19.7 Å². The number of amides is 1. The van der Waals surface area contributed by atoms with Crippen molar-refractivity contribution in [2.24, 2.45) is 0 Å². The molecule has 1 amide bonds. The molecule has 174 valence electrons. The number of oxazole rings is 1. The van der Waals surface area contributed by atoms with Gasteiger partial charge in [0.2, 0.25) is 5.91 Å². The van der Waals surface area contributed by atoms with Gasteiger partial charge in [0.25, 0.3) is 0 Å². The summed E-state index contributed by atoms with van der Waals surface area (Å²) >= 11 is 12.7. The van der Waals surface area contributed by atoms with E-state index in [1.807, 2.05) is 24.3 Å². The molecule has 0 saturated carbocycles. The first kappa shape index (κ1) is 22.6. The van der Waals surface area contributed by atoms with Crippen molar-refractivity contribution in [3.05, 3.63) is 70.4 Å². The lowest BCUT2D eigenvalue weighted by molar-refractivity contribution is -0.116. The van der Waals surface area contributed by atoms with E-state index in [-0.39, 0.29) is 12.3 Å². The summed E-state index contributed by atoms with van der Waals surface area (Å²) in [5, 5.41) is 12.8. The van der Waals surface area contributed by atoms with Crippen LogP contribution in [0.25, 0.3) is 22.7 Å². The van der Waals surface area contributed by atoms with E-state index < -0.39 is 0 Å². The van der Waals surface area contributed by atoms with Crippen molar-refractivity contribution in [1.29, 1.82) is 0 Å². The van der Waals surface area contributed by atoms with Crippen molar-refractivity contribution in [2.75, 3.05) is 5.32 Å². The van der Waals surface area contributed by atoms with Crippen molar-refractivity contribution in [3.8, 4) is 22.7 Å². The minimum Gasteiger partial charge on any atom is -0.441 e. The number of carbonyl (C=O) groups excluding carboxylic acids is 1. The predicted octanol–water partition coefficient (Wildman–Crippen LogP) is 6.20. The smallest absolute Gasteiger partial charge is 0.224 e. The van der Waals surface area contributed by atoms with Gasteiger partial charge in [-0.25, -0.2) is 4.98 Å². The average Bonchev–Trinajstić information content (AvgIpc) is 3.40. The lowest BCUT2D eigenvalue weighted by Gasteiger charge is -2.11. The second kappa shape index (κ2) is 9.99. The maximum Gasteiger partial charge on any atom is 0.224 e. The quantitative estimate of drug-likeness (QED) is 0.343. The van der Waals surface area contributed by atoms with Crippen LogP contribution in [0.3, 0.4) is 0 Å². The number of rotatable bonds is 6. The molecule has 4 aromatic rings. The molecule has 0 saturated heterocycles. The van der Waals surface area contributed by atoms with E-state index in [2.05, 4.69) is 25.1 Å². The molecule has 1 aliphatic heterocycles. The number of fused-ring (bicyclic) bond motifs is 1. The van der Waals surface area contributed by atoms with Crippen LogP contribution in [0.5, 0.6) is 0 Å². The van der Waals surface area contributed by atoms with E-state index in [1.165, 1.54) is 6.42 Å². The van der Waals surface area contributed by atoms with Crippen molar-refractivity contribution in [3.63, 3.8) is 0 Å². The molecule has 0 bridgehead atoms. The maximum absolute atomic E-state index is 12.6. The molecule has 2 aromatic heterocycles. The van der Waals surface area contributed by atoms with Gasteiger partial charge in [-0.05, 0) is 43.2 Å². The number of aromatic nitrogens is 4. The highest BCUT2D eigenvalue weighted by Crippen LogP contribution is 2.32. The summed E-state index contributed by atoms with van der Waals surface area (Å²) in [4.78, 5) is 16.9. The molecular formula is C25H23Cl2N5O2. The molecule has 9 heteroatoms. The lowest BCUT2D eigenvalue weighted by atomic mass is 10.1. The molecule has 0 spiro atoms. The van der Waals surface area contributed by atoms with Crippen LogP contribution in [0.4, 0.5) is 5.69 Å². The second-order valence-corrected chi connectivity index (χ2v) is 9.06. The van der Waals surface area contributed by atoms with E-state index in [9.17, 15) is 4.79 Å². The third-order valence-corrected chi connectivity index (χ3v) is 6.52. The van der Waals surface area contributed by atoms with Crippen molar-refractivity contribution >= 4 is 34.8 Å². The topological polar surface area (TPSA) is 85.8 Å².